The fourth-order valence-corrected chi connectivity index (χ4v) is 3.21. The van der Waals surface area contributed by atoms with Gasteiger partial charge in [-0.1, -0.05) is 18.2 Å². The van der Waals surface area contributed by atoms with Gasteiger partial charge in [-0.25, -0.2) is 13.2 Å². The highest BCUT2D eigenvalue weighted by Gasteiger charge is 2.21. The van der Waals surface area contributed by atoms with Crippen molar-refractivity contribution in [2.24, 2.45) is 0 Å². The standard InChI is InChI=1S/C14H19NO5S/c1-3-8-15(9-10-20-2)21(18,19)11-12-4-6-13(7-5-12)14(16)17/h3-7H,1,8-11H2,2H3,(H,16,17). The van der Waals surface area contributed by atoms with Crippen molar-refractivity contribution in [1.82, 2.24) is 4.31 Å². The number of methoxy groups -OCH3 is 1. The monoisotopic (exact) mass is 313 g/mol. The molecule has 0 spiro atoms. The van der Waals surface area contributed by atoms with Crippen LogP contribution in [-0.4, -0.2) is 50.6 Å². The Balaban J connectivity index is 2.85. The van der Waals surface area contributed by atoms with E-state index < -0.39 is 16.0 Å². The van der Waals surface area contributed by atoms with Crippen molar-refractivity contribution in [3.05, 3.63) is 48.0 Å². The summed E-state index contributed by atoms with van der Waals surface area (Å²) in [6, 6.07) is 5.78. The zero-order valence-electron chi connectivity index (χ0n) is 11.9. The summed E-state index contributed by atoms with van der Waals surface area (Å²) in [5.74, 6) is -1.23. The van der Waals surface area contributed by atoms with Gasteiger partial charge in [-0.2, -0.15) is 4.31 Å². The number of aromatic carboxylic acids is 1. The number of ether oxygens (including phenoxy) is 1. The number of carboxylic acid groups (broad SMARTS) is 1. The average Bonchev–Trinajstić information content (AvgIpc) is 2.43. The minimum absolute atomic E-state index is 0.124. The van der Waals surface area contributed by atoms with Crippen LogP contribution in [0.4, 0.5) is 0 Å². The van der Waals surface area contributed by atoms with Gasteiger partial charge in [-0.15, -0.1) is 6.58 Å². The highest BCUT2D eigenvalue weighted by molar-refractivity contribution is 7.88. The molecule has 7 heteroatoms. The summed E-state index contributed by atoms with van der Waals surface area (Å²) in [5.41, 5.74) is 0.657. The number of benzene rings is 1. The Morgan fingerprint density at radius 2 is 2.00 bits per heavy atom. The van der Waals surface area contributed by atoms with E-state index in [0.717, 1.165) is 0 Å². The van der Waals surface area contributed by atoms with Crippen LogP contribution in [0, 0.1) is 0 Å². The lowest BCUT2D eigenvalue weighted by Gasteiger charge is -2.20. The minimum Gasteiger partial charge on any atom is -0.478 e. The van der Waals surface area contributed by atoms with E-state index in [-0.39, 0.29) is 24.4 Å². The molecule has 0 saturated heterocycles. The largest absolute Gasteiger partial charge is 0.478 e. The zero-order chi connectivity index (χ0) is 15.9. The number of hydrogen-bond acceptors (Lipinski definition) is 4. The molecule has 0 fully saturated rings. The molecule has 0 radical (unpaired) electrons. The van der Waals surface area contributed by atoms with Gasteiger partial charge in [0.1, 0.15) is 0 Å². The molecule has 0 amide bonds. The van der Waals surface area contributed by atoms with Crippen LogP contribution in [0.3, 0.4) is 0 Å². The molecule has 0 aliphatic rings. The molecule has 1 rings (SSSR count). The molecule has 1 aromatic carbocycles. The first-order chi connectivity index (χ1) is 9.90. The van der Waals surface area contributed by atoms with Gasteiger partial charge in [0.05, 0.1) is 17.9 Å². The zero-order valence-corrected chi connectivity index (χ0v) is 12.7. The van der Waals surface area contributed by atoms with Gasteiger partial charge in [0.25, 0.3) is 0 Å². The molecule has 0 aliphatic carbocycles. The van der Waals surface area contributed by atoms with Crippen molar-refractivity contribution < 1.29 is 23.1 Å². The predicted molar refractivity (Wildman–Crippen MR) is 79.7 cm³/mol. The summed E-state index contributed by atoms with van der Waals surface area (Å²) < 4.78 is 30.8. The smallest absolute Gasteiger partial charge is 0.335 e. The van der Waals surface area contributed by atoms with Gasteiger partial charge in [-0.05, 0) is 17.7 Å². The first kappa shape index (κ1) is 17.4. The third kappa shape index (κ3) is 5.30. The van der Waals surface area contributed by atoms with Gasteiger partial charge in [-0.3, -0.25) is 0 Å². The lowest BCUT2D eigenvalue weighted by Crippen LogP contribution is -2.35. The fraction of sp³-hybridized carbons (Fsp3) is 0.357. The first-order valence-corrected chi connectivity index (χ1v) is 7.91. The molecule has 0 unspecified atom stereocenters. The van der Waals surface area contributed by atoms with E-state index in [9.17, 15) is 13.2 Å². The maximum atomic E-state index is 12.3. The van der Waals surface area contributed by atoms with Crippen LogP contribution in [0.1, 0.15) is 15.9 Å². The lowest BCUT2D eigenvalue weighted by molar-refractivity contribution is 0.0697. The molecule has 1 aromatic rings. The van der Waals surface area contributed by atoms with Crippen molar-refractivity contribution >= 4 is 16.0 Å². The molecule has 6 nitrogen and oxygen atoms in total. The van der Waals surface area contributed by atoms with Crippen LogP contribution in [0.5, 0.6) is 0 Å². The average molecular weight is 313 g/mol. The van der Waals surface area contributed by atoms with Crippen LogP contribution in [0.2, 0.25) is 0 Å². The molecule has 21 heavy (non-hydrogen) atoms. The van der Waals surface area contributed by atoms with Crippen LogP contribution in [-0.2, 0) is 20.5 Å². The van der Waals surface area contributed by atoms with Crippen molar-refractivity contribution in [3.8, 4) is 0 Å². The summed E-state index contributed by atoms with van der Waals surface area (Å²) in [4.78, 5) is 10.8. The molecule has 0 aromatic heterocycles. The number of carboxylic acids is 1. The molecular formula is C14H19NO5S. The fourth-order valence-electron chi connectivity index (χ4n) is 1.73. The molecule has 116 valence electrons. The third-order valence-corrected chi connectivity index (χ3v) is 4.64. The second-order valence-electron chi connectivity index (χ2n) is 4.40. The highest BCUT2D eigenvalue weighted by atomic mass is 32.2. The minimum atomic E-state index is -3.51. The van der Waals surface area contributed by atoms with Crippen LogP contribution >= 0.6 is 0 Å². The van der Waals surface area contributed by atoms with Crippen LogP contribution < -0.4 is 0 Å². The molecule has 0 bridgehead atoms. The molecule has 0 aliphatic heterocycles. The Bertz CT molecular complexity index is 580. The van der Waals surface area contributed by atoms with Gasteiger partial charge in [0.2, 0.25) is 10.0 Å². The van der Waals surface area contributed by atoms with E-state index in [0.29, 0.717) is 12.2 Å². The van der Waals surface area contributed by atoms with E-state index in [1.54, 1.807) is 0 Å². The Morgan fingerprint density at radius 3 is 2.48 bits per heavy atom. The van der Waals surface area contributed by atoms with Crippen LogP contribution in [0.15, 0.2) is 36.9 Å². The Hall–Kier alpha value is -1.70. The molecule has 0 saturated carbocycles. The highest BCUT2D eigenvalue weighted by Crippen LogP contribution is 2.12. The Morgan fingerprint density at radius 1 is 1.38 bits per heavy atom. The van der Waals surface area contributed by atoms with Gasteiger partial charge >= 0.3 is 5.97 Å². The SMILES string of the molecule is C=CCN(CCOC)S(=O)(=O)Cc1ccc(C(=O)O)cc1. The number of sulfonamides is 1. The van der Waals surface area contributed by atoms with Crippen LogP contribution in [0.25, 0.3) is 0 Å². The van der Waals surface area contributed by atoms with Crippen molar-refractivity contribution in [3.63, 3.8) is 0 Å². The van der Waals surface area contributed by atoms with Crippen molar-refractivity contribution in [1.29, 1.82) is 0 Å². The quantitative estimate of drug-likeness (QED) is 0.696. The number of hydrogen-bond donors (Lipinski definition) is 1. The summed E-state index contributed by atoms with van der Waals surface area (Å²) in [6.45, 7) is 4.30. The molecular weight excluding hydrogens is 294 g/mol. The number of nitrogens with zero attached hydrogens (tertiary/aromatic N) is 1. The van der Waals surface area contributed by atoms with Gasteiger partial charge in [0, 0.05) is 20.2 Å². The molecule has 0 atom stereocenters. The number of rotatable bonds is 9. The topological polar surface area (TPSA) is 83.9 Å². The summed E-state index contributed by atoms with van der Waals surface area (Å²) >= 11 is 0. The second kappa shape index (κ2) is 7.92. The van der Waals surface area contributed by atoms with E-state index in [1.165, 1.54) is 41.8 Å². The van der Waals surface area contributed by atoms with Crippen molar-refractivity contribution in [2.75, 3.05) is 26.8 Å². The van der Waals surface area contributed by atoms with Gasteiger partial charge < -0.3 is 9.84 Å². The molecule has 0 heterocycles. The third-order valence-electron chi connectivity index (χ3n) is 2.82. The predicted octanol–water partition coefficient (Wildman–Crippen LogP) is 1.35. The maximum Gasteiger partial charge on any atom is 0.335 e. The normalized spacial score (nSPS) is 11.5. The van der Waals surface area contributed by atoms with E-state index in [2.05, 4.69) is 6.58 Å². The first-order valence-electron chi connectivity index (χ1n) is 6.30. The lowest BCUT2D eigenvalue weighted by atomic mass is 10.1. The summed E-state index contributed by atoms with van der Waals surface area (Å²) in [7, 11) is -2.00. The maximum absolute atomic E-state index is 12.3. The Labute approximate surface area is 124 Å². The molecule has 1 N–H and O–H groups in total. The summed E-state index contributed by atoms with van der Waals surface area (Å²) in [6.07, 6.45) is 1.51. The Kier molecular flexibility index (Phi) is 6.54. The van der Waals surface area contributed by atoms with Crippen molar-refractivity contribution in [2.45, 2.75) is 5.75 Å². The van der Waals surface area contributed by atoms with E-state index in [1.807, 2.05) is 0 Å². The van der Waals surface area contributed by atoms with Gasteiger partial charge in [0.15, 0.2) is 0 Å². The van der Waals surface area contributed by atoms with E-state index in [4.69, 9.17) is 9.84 Å². The summed E-state index contributed by atoms with van der Waals surface area (Å²) in [5, 5.41) is 8.81. The number of carbonyl (C=O) groups is 1. The van der Waals surface area contributed by atoms with E-state index >= 15 is 0 Å². The second-order valence-corrected chi connectivity index (χ2v) is 6.37.